The molecule has 6 unspecified atom stereocenters. The Balaban J connectivity index is 1.41. The summed E-state index contributed by atoms with van der Waals surface area (Å²) in [5.74, 6) is 1.35. The summed E-state index contributed by atoms with van der Waals surface area (Å²) in [4.78, 5) is 25.7. The first-order valence-electron chi connectivity index (χ1n) is 11.2. The van der Waals surface area contributed by atoms with Gasteiger partial charge in [0.15, 0.2) is 0 Å². The minimum Gasteiger partial charge on any atom is -0.455 e. The number of fused-ring (bicyclic) bond motifs is 3. The standard InChI is InChI=1S/C26H28O4/c27-25(19-8-3-1-4-9-19)29-22-16-21-17-12-7-13-18(15-14-17)23(21)24(22)30-26(28)20-10-5-2-6-11-20/h1-6,8-11,17-18,21-24H,7,12-16H2. The molecule has 30 heavy (non-hydrogen) atoms. The second-order valence-corrected chi connectivity index (χ2v) is 9.05. The fourth-order valence-electron chi connectivity index (χ4n) is 6.16. The summed E-state index contributed by atoms with van der Waals surface area (Å²) >= 11 is 0. The first-order chi connectivity index (χ1) is 14.7. The van der Waals surface area contributed by atoms with Gasteiger partial charge in [-0.05, 0) is 61.3 Å². The van der Waals surface area contributed by atoms with Crippen LogP contribution < -0.4 is 0 Å². The highest BCUT2D eigenvalue weighted by Gasteiger charge is 2.55. The van der Waals surface area contributed by atoms with E-state index in [-0.39, 0.29) is 24.1 Å². The summed E-state index contributed by atoms with van der Waals surface area (Å²) in [5, 5.41) is 0. The van der Waals surface area contributed by atoms with E-state index in [4.69, 9.17) is 9.47 Å². The smallest absolute Gasteiger partial charge is 0.338 e. The molecule has 0 spiro atoms. The van der Waals surface area contributed by atoms with Gasteiger partial charge in [-0.1, -0.05) is 55.7 Å². The highest BCUT2D eigenvalue weighted by Crippen LogP contribution is 2.55. The van der Waals surface area contributed by atoms with Crippen LogP contribution >= 0.6 is 0 Å². The molecule has 4 aliphatic rings. The van der Waals surface area contributed by atoms with Gasteiger partial charge in [0, 0.05) is 5.92 Å². The maximum absolute atomic E-state index is 12.9. The Morgan fingerprint density at radius 2 is 1.27 bits per heavy atom. The first-order valence-corrected chi connectivity index (χ1v) is 11.2. The van der Waals surface area contributed by atoms with Crippen molar-refractivity contribution in [1.29, 1.82) is 0 Å². The van der Waals surface area contributed by atoms with Gasteiger partial charge in [-0.15, -0.1) is 0 Å². The summed E-state index contributed by atoms with van der Waals surface area (Å²) in [6.07, 6.45) is 6.22. The topological polar surface area (TPSA) is 52.6 Å². The fraction of sp³-hybridized carbons (Fsp3) is 0.462. The van der Waals surface area contributed by atoms with Crippen molar-refractivity contribution < 1.29 is 19.1 Å². The zero-order valence-electron chi connectivity index (χ0n) is 17.1. The van der Waals surface area contributed by atoms with Crippen LogP contribution in [0.1, 0.15) is 59.2 Å². The molecular weight excluding hydrogens is 376 g/mol. The van der Waals surface area contributed by atoms with Crippen molar-refractivity contribution in [2.75, 3.05) is 0 Å². The van der Waals surface area contributed by atoms with Crippen molar-refractivity contribution in [1.82, 2.24) is 0 Å². The second kappa shape index (κ2) is 8.25. The highest BCUT2D eigenvalue weighted by molar-refractivity contribution is 5.90. The van der Waals surface area contributed by atoms with Crippen LogP contribution in [0.4, 0.5) is 0 Å². The number of rotatable bonds is 4. The van der Waals surface area contributed by atoms with Gasteiger partial charge in [0.1, 0.15) is 12.2 Å². The number of hydrogen-bond donors (Lipinski definition) is 0. The van der Waals surface area contributed by atoms with Gasteiger partial charge in [-0.2, -0.15) is 0 Å². The predicted octanol–water partition coefficient (Wildman–Crippen LogP) is 5.28. The molecule has 4 aliphatic carbocycles. The first kappa shape index (κ1) is 19.3. The molecule has 4 nitrogen and oxygen atoms in total. The lowest BCUT2D eigenvalue weighted by Gasteiger charge is -2.38. The third-order valence-electron chi connectivity index (χ3n) is 7.47. The number of hydrogen-bond acceptors (Lipinski definition) is 4. The van der Waals surface area contributed by atoms with Gasteiger partial charge in [-0.25, -0.2) is 9.59 Å². The van der Waals surface area contributed by atoms with Crippen LogP contribution in [-0.4, -0.2) is 24.1 Å². The Morgan fingerprint density at radius 3 is 1.93 bits per heavy atom. The zero-order valence-corrected chi connectivity index (χ0v) is 17.1. The number of carbonyl (C=O) groups is 2. The predicted molar refractivity (Wildman–Crippen MR) is 113 cm³/mol. The Labute approximate surface area is 177 Å². The van der Waals surface area contributed by atoms with Gasteiger partial charge < -0.3 is 9.47 Å². The van der Waals surface area contributed by atoms with E-state index < -0.39 is 0 Å². The molecule has 2 aromatic rings. The molecule has 0 aliphatic heterocycles. The Kier molecular flexibility index (Phi) is 5.32. The van der Waals surface area contributed by atoms with Crippen LogP contribution in [0.15, 0.2) is 60.7 Å². The third-order valence-corrected chi connectivity index (χ3v) is 7.47. The van der Waals surface area contributed by atoms with Gasteiger partial charge >= 0.3 is 11.9 Å². The lowest BCUT2D eigenvalue weighted by atomic mass is 9.69. The van der Waals surface area contributed by atoms with Gasteiger partial charge in [-0.3, -0.25) is 0 Å². The Bertz CT molecular complexity index is 890. The maximum Gasteiger partial charge on any atom is 0.338 e. The molecule has 0 heterocycles. The summed E-state index contributed by atoms with van der Waals surface area (Å²) in [6, 6.07) is 18.2. The minimum atomic E-state index is -0.374. The van der Waals surface area contributed by atoms with Crippen LogP contribution in [0.3, 0.4) is 0 Å². The van der Waals surface area contributed by atoms with Crippen LogP contribution in [0.5, 0.6) is 0 Å². The lowest BCUT2D eigenvalue weighted by molar-refractivity contribution is -0.0479. The summed E-state index contributed by atoms with van der Waals surface area (Å²) in [5.41, 5.74) is 1.09. The van der Waals surface area contributed by atoms with E-state index in [0.29, 0.717) is 34.8 Å². The van der Waals surface area contributed by atoms with Gasteiger partial charge in [0.2, 0.25) is 0 Å². The van der Waals surface area contributed by atoms with Crippen molar-refractivity contribution in [3.8, 4) is 0 Å². The van der Waals surface area contributed by atoms with Crippen LogP contribution in [0, 0.1) is 23.7 Å². The fourth-order valence-corrected chi connectivity index (χ4v) is 6.16. The molecule has 4 fully saturated rings. The molecule has 2 bridgehead atoms. The molecule has 0 amide bonds. The monoisotopic (exact) mass is 404 g/mol. The van der Waals surface area contributed by atoms with Gasteiger partial charge in [0.05, 0.1) is 11.1 Å². The van der Waals surface area contributed by atoms with Crippen molar-refractivity contribution >= 4 is 11.9 Å². The van der Waals surface area contributed by atoms with Crippen LogP contribution in [0.25, 0.3) is 0 Å². The molecule has 2 aromatic carbocycles. The van der Waals surface area contributed by atoms with Crippen LogP contribution in [-0.2, 0) is 9.47 Å². The Hall–Kier alpha value is -2.62. The van der Waals surface area contributed by atoms with Crippen molar-refractivity contribution in [2.45, 2.75) is 50.7 Å². The highest BCUT2D eigenvalue weighted by atomic mass is 16.6. The number of esters is 2. The van der Waals surface area contributed by atoms with E-state index in [2.05, 4.69) is 0 Å². The average molecular weight is 405 g/mol. The molecular formula is C26H28O4. The molecule has 4 saturated carbocycles. The molecule has 156 valence electrons. The van der Waals surface area contributed by atoms with E-state index >= 15 is 0 Å². The summed E-state index contributed by atoms with van der Waals surface area (Å²) in [6.45, 7) is 0. The zero-order chi connectivity index (χ0) is 20.5. The third kappa shape index (κ3) is 3.64. The lowest BCUT2D eigenvalue weighted by Crippen LogP contribution is -2.40. The molecule has 4 heteroatoms. The van der Waals surface area contributed by atoms with E-state index in [1.54, 1.807) is 24.3 Å². The molecule has 0 N–H and O–H groups in total. The quantitative estimate of drug-likeness (QED) is 0.650. The summed E-state index contributed by atoms with van der Waals surface area (Å²) < 4.78 is 12.1. The number of ether oxygens (including phenoxy) is 2. The van der Waals surface area contributed by atoms with E-state index in [9.17, 15) is 9.59 Å². The summed E-state index contributed by atoms with van der Waals surface area (Å²) in [7, 11) is 0. The molecule has 6 atom stereocenters. The number of carbonyl (C=O) groups excluding carboxylic acids is 2. The van der Waals surface area contributed by atoms with Crippen molar-refractivity contribution in [2.24, 2.45) is 23.7 Å². The second-order valence-electron chi connectivity index (χ2n) is 9.05. The maximum atomic E-state index is 12.9. The van der Waals surface area contributed by atoms with Crippen LogP contribution in [0.2, 0.25) is 0 Å². The molecule has 0 saturated heterocycles. The van der Waals surface area contributed by atoms with E-state index in [1.807, 2.05) is 36.4 Å². The van der Waals surface area contributed by atoms with E-state index in [0.717, 1.165) is 6.42 Å². The SMILES string of the molecule is O=C(OC1CC2C3CCCC(CC3)C2C1OC(=O)c1ccccc1)c1ccccc1. The molecule has 6 rings (SSSR count). The normalized spacial score (nSPS) is 32.1. The number of benzene rings is 2. The molecule has 0 radical (unpaired) electrons. The molecule has 0 aromatic heterocycles. The Morgan fingerprint density at radius 1 is 0.700 bits per heavy atom. The largest absolute Gasteiger partial charge is 0.455 e. The van der Waals surface area contributed by atoms with Crippen molar-refractivity contribution in [3.63, 3.8) is 0 Å². The van der Waals surface area contributed by atoms with E-state index in [1.165, 1.54) is 32.1 Å². The average Bonchev–Trinajstić information content (AvgIpc) is 2.93. The van der Waals surface area contributed by atoms with Gasteiger partial charge in [0.25, 0.3) is 0 Å². The minimum absolute atomic E-state index is 0.299. The van der Waals surface area contributed by atoms with Crippen molar-refractivity contribution in [3.05, 3.63) is 71.8 Å².